The van der Waals surface area contributed by atoms with E-state index in [0.29, 0.717) is 0 Å². The maximum absolute atomic E-state index is 14.0. The van der Waals surface area contributed by atoms with Gasteiger partial charge in [-0.3, -0.25) is 4.79 Å². The summed E-state index contributed by atoms with van der Waals surface area (Å²) in [5.74, 6) is -51.2. The second kappa shape index (κ2) is 8.00. The van der Waals surface area contributed by atoms with Gasteiger partial charge in [0.05, 0.1) is 27.7 Å². The minimum atomic E-state index is -8.42. The van der Waals surface area contributed by atoms with Crippen LogP contribution in [0.5, 0.6) is 0 Å². The molecule has 0 aliphatic rings. The molecule has 3 nitrogen and oxygen atoms in total. The summed E-state index contributed by atoms with van der Waals surface area (Å²) >= 11 is 0. The first-order valence-corrected chi connectivity index (χ1v) is 8.08. The molecule has 0 aromatic rings. The van der Waals surface area contributed by atoms with E-state index in [0.717, 1.165) is 28.1 Å². The van der Waals surface area contributed by atoms with Crippen LogP contribution in [0.4, 0.5) is 65.9 Å². The lowest BCUT2D eigenvalue weighted by molar-refractivity contribution is -0.974. The van der Waals surface area contributed by atoms with Gasteiger partial charge in [-0.15, -0.1) is 0 Å². The van der Waals surface area contributed by atoms with Crippen LogP contribution >= 0.6 is 0 Å². The average molecular weight is 513 g/mol. The lowest BCUT2D eigenvalue weighted by Gasteiger charge is -2.43. The van der Waals surface area contributed by atoms with Gasteiger partial charge in [0.1, 0.15) is 0 Å². The second-order valence-corrected chi connectivity index (χ2v) is 7.31. The van der Waals surface area contributed by atoms with E-state index >= 15 is 0 Å². The number of rotatable bonds is 9. The Kier molecular flexibility index (Phi) is 7.60. The molecule has 0 rings (SSSR count). The van der Waals surface area contributed by atoms with Gasteiger partial charge in [-0.1, -0.05) is 6.92 Å². The van der Waals surface area contributed by atoms with Crippen LogP contribution in [0, 0.1) is 0 Å². The Labute approximate surface area is 170 Å². The molecule has 0 radical (unpaired) electrons. The molecule has 0 aliphatic carbocycles. The number of hydrogen-bond donors (Lipinski definition) is 0. The van der Waals surface area contributed by atoms with Crippen LogP contribution in [0.15, 0.2) is 0 Å². The SMILES string of the molecule is CCCN(C(=O)C(F)(F)C(F)(F)C(F)(F)C(F)(F)C(F)(F)C(F)(F)C(F)(F)F)[N+](C)(C)C. The minimum Gasteiger partial charge on any atom is -0.262 e. The highest BCUT2D eigenvalue weighted by atomic mass is 19.4. The average Bonchev–Trinajstić information content (AvgIpc) is 2.55. The molecule has 0 fully saturated rings. The van der Waals surface area contributed by atoms with Gasteiger partial charge in [-0.25, -0.2) is 4.59 Å². The van der Waals surface area contributed by atoms with Crippen LogP contribution in [0.2, 0.25) is 0 Å². The van der Waals surface area contributed by atoms with Gasteiger partial charge in [0.25, 0.3) is 0 Å². The third-order valence-electron chi connectivity index (χ3n) is 3.99. The molecule has 0 aromatic carbocycles. The third kappa shape index (κ3) is 4.18. The fourth-order valence-electron chi connectivity index (χ4n) is 2.15. The summed E-state index contributed by atoms with van der Waals surface area (Å²) in [6.45, 7) is 0.271. The number of amides is 1. The summed E-state index contributed by atoms with van der Waals surface area (Å²) < 4.78 is 197. The fraction of sp³-hybridized carbons (Fsp3) is 0.929. The Hall–Kier alpha value is -1.62. The second-order valence-electron chi connectivity index (χ2n) is 7.31. The topological polar surface area (TPSA) is 20.3 Å². The highest BCUT2D eigenvalue weighted by Crippen LogP contribution is 2.62. The van der Waals surface area contributed by atoms with E-state index in [1.807, 2.05) is 0 Å². The van der Waals surface area contributed by atoms with Gasteiger partial charge < -0.3 is 0 Å². The van der Waals surface area contributed by atoms with E-state index in [2.05, 4.69) is 0 Å². The summed E-state index contributed by atoms with van der Waals surface area (Å²) in [6, 6.07) is 0. The molecule has 0 aliphatic heterocycles. The minimum absolute atomic E-state index is 0.273. The Morgan fingerprint density at radius 3 is 1.22 bits per heavy atom. The monoisotopic (exact) mass is 513 g/mol. The van der Waals surface area contributed by atoms with Crippen molar-refractivity contribution in [2.75, 3.05) is 27.7 Å². The summed E-state index contributed by atoms with van der Waals surface area (Å²) in [7, 11) is 2.52. The smallest absolute Gasteiger partial charge is 0.262 e. The number of nitrogens with zero attached hydrogens (tertiary/aromatic N) is 2. The maximum atomic E-state index is 14.0. The largest absolute Gasteiger partial charge is 0.460 e. The summed E-state index contributed by atoms with van der Waals surface area (Å²) in [5, 5.41) is -0.273. The molecule has 0 saturated heterocycles. The van der Waals surface area contributed by atoms with Gasteiger partial charge in [-0.2, -0.15) is 70.9 Å². The molecule has 0 aromatic heterocycles. The normalized spacial score (nSPS) is 15.7. The highest BCUT2D eigenvalue weighted by Gasteiger charge is 2.94. The first-order valence-electron chi connectivity index (χ1n) is 8.08. The van der Waals surface area contributed by atoms with E-state index in [1.165, 1.54) is 0 Å². The lowest BCUT2D eigenvalue weighted by Crippen LogP contribution is -2.74. The van der Waals surface area contributed by atoms with Gasteiger partial charge in [0.15, 0.2) is 0 Å². The molecular formula is C14H16F15N2O+. The molecule has 0 N–H and O–H groups in total. The molecule has 0 unspecified atom stereocenters. The van der Waals surface area contributed by atoms with Crippen molar-refractivity contribution in [3.8, 4) is 0 Å². The quantitative estimate of drug-likeness (QED) is 0.235. The van der Waals surface area contributed by atoms with Crippen LogP contribution in [0.25, 0.3) is 0 Å². The predicted molar refractivity (Wildman–Crippen MR) is 75.8 cm³/mol. The first-order chi connectivity index (χ1) is 13.6. The van der Waals surface area contributed by atoms with Gasteiger partial charge in [0, 0.05) is 0 Å². The standard InChI is InChI=1S/C14H16F15N2O/c1-5-6-30(31(2,3)4)7(32)8(15,16)9(17,18)10(19,20)11(21,22)12(23,24)13(25,26)14(27,28)29/h5-6H2,1-4H3/q+1. The highest BCUT2D eigenvalue weighted by molar-refractivity contribution is 5.84. The molecule has 192 valence electrons. The zero-order chi connectivity index (χ0) is 26.6. The zero-order valence-corrected chi connectivity index (χ0v) is 16.4. The lowest BCUT2D eigenvalue weighted by atomic mass is 9.90. The third-order valence-corrected chi connectivity index (χ3v) is 3.99. The zero-order valence-electron chi connectivity index (χ0n) is 16.4. The van der Waals surface area contributed by atoms with Crippen LogP contribution in [0.3, 0.4) is 0 Å². The van der Waals surface area contributed by atoms with Crippen molar-refractivity contribution in [1.82, 2.24) is 5.01 Å². The maximum Gasteiger partial charge on any atom is 0.460 e. The van der Waals surface area contributed by atoms with Gasteiger partial charge in [-0.05, 0) is 6.42 Å². The molecule has 32 heavy (non-hydrogen) atoms. The van der Waals surface area contributed by atoms with Crippen LogP contribution < -0.4 is 0 Å². The van der Waals surface area contributed by atoms with Gasteiger partial charge >= 0.3 is 47.6 Å². The van der Waals surface area contributed by atoms with E-state index in [1.54, 1.807) is 0 Å². The van der Waals surface area contributed by atoms with Gasteiger partial charge in [0.2, 0.25) is 0 Å². The molecule has 0 heterocycles. The molecule has 0 atom stereocenters. The van der Waals surface area contributed by atoms with Crippen molar-refractivity contribution in [3.05, 3.63) is 0 Å². The van der Waals surface area contributed by atoms with Crippen LogP contribution in [-0.2, 0) is 4.79 Å². The molecule has 0 bridgehead atoms. The molecule has 0 spiro atoms. The number of hydrogen-bond acceptors (Lipinski definition) is 1. The molecular weight excluding hydrogens is 497 g/mol. The summed E-state index contributed by atoms with van der Waals surface area (Å²) in [6.07, 6.45) is -7.98. The molecule has 18 heteroatoms. The number of alkyl halides is 15. The van der Waals surface area contributed by atoms with Crippen molar-refractivity contribution >= 4 is 5.91 Å². The van der Waals surface area contributed by atoms with Crippen molar-refractivity contribution < 1.29 is 75.2 Å². The number of carbonyl (C=O) groups is 1. The van der Waals surface area contributed by atoms with E-state index in [9.17, 15) is 70.7 Å². The summed E-state index contributed by atoms with van der Waals surface area (Å²) in [5.41, 5.74) is 0. The van der Waals surface area contributed by atoms with E-state index < -0.39 is 58.8 Å². The molecule has 1 amide bonds. The van der Waals surface area contributed by atoms with Crippen molar-refractivity contribution in [1.29, 1.82) is 0 Å². The number of quaternary nitrogens is 1. The Morgan fingerprint density at radius 1 is 0.625 bits per heavy atom. The van der Waals surface area contributed by atoms with Crippen molar-refractivity contribution in [2.24, 2.45) is 0 Å². The van der Waals surface area contributed by atoms with E-state index in [4.69, 9.17) is 0 Å². The van der Waals surface area contributed by atoms with Crippen LogP contribution in [0.1, 0.15) is 13.3 Å². The molecule has 0 saturated carbocycles. The predicted octanol–water partition coefficient (Wildman–Crippen LogP) is 5.22. The number of carbonyl (C=O) groups excluding carboxylic acids is 1. The van der Waals surface area contributed by atoms with E-state index in [-0.39, 0.29) is 11.4 Å². The Bertz CT molecular complexity index is 693. The Morgan fingerprint density at radius 2 is 0.938 bits per heavy atom. The van der Waals surface area contributed by atoms with Crippen LogP contribution in [-0.4, -0.2) is 84.9 Å². The van der Waals surface area contributed by atoms with Crippen molar-refractivity contribution in [2.45, 2.75) is 55.1 Å². The Balaban J connectivity index is 6.75. The summed E-state index contributed by atoms with van der Waals surface area (Å²) in [4.78, 5) is 11.8. The number of halogens is 15. The first kappa shape index (κ1) is 30.4. The fourth-order valence-corrected chi connectivity index (χ4v) is 2.15. The van der Waals surface area contributed by atoms with Crippen molar-refractivity contribution in [3.63, 3.8) is 0 Å².